The molecule has 0 aromatic carbocycles. The number of hydrogen-bond acceptors (Lipinski definition) is 8. The zero-order valence-electron chi connectivity index (χ0n) is 21.8. The predicted octanol–water partition coefficient (Wildman–Crippen LogP) is 1.42. The van der Waals surface area contributed by atoms with Crippen molar-refractivity contribution < 1.29 is 43.7 Å². The van der Waals surface area contributed by atoms with E-state index in [1.807, 2.05) is 6.92 Å². The van der Waals surface area contributed by atoms with Gasteiger partial charge in [-0.2, -0.15) is 0 Å². The zero-order chi connectivity index (χ0) is 27.3. The Bertz CT molecular complexity index is 737. The monoisotopic (exact) mass is 502 g/mol. The van der Waals surface area contributed by atoms with Gasteiger partial charge in [0.1, 0.15) is 18.9 Å². The third-order valence-electron chi connectivity index (χ3n) is 5.98. The number of Topliss-reactive ketones (excluding diaryl/α,β-unsaturated/α-hetero) is 1. The maximum Gasteiger partial charge on any atom is 0.326 e. The van der Waals surface area contributed by atoms with Crippen LogP contribution in [0.4, 0.5) is 0 Å². The molecule has 2 atom stereocenters. The number of nitrogens with one attached hydrogen (secondary N) is 2. The summed E-state index contributed by atoms with van der Waals surface area (Å²) in [6, 6.07) is -1.28. The molecule has 2 unspecified atom stereocenters. The number of hydrogen-bond donors (Lipinski definition) is 4. The maximum absolute atomic E-state index is 12.9. The SMILES string of the molecule is CCC(C)(NCCOCCOCC=O)C(=O)CCC(NC(=O)C(C)(C)CC(C)(C)C(=O)O)C(=O)O. The van der Waals surface area contributed by atoms with Crippen LogP contribution in [-0.4, -0.2) is 84.7 Å². The van der Waals surface area contributed by atoms with Crippen LogP contribution >= 0.6 is 0 Å². The second-order valence-corrected chi connectivity index (χ2v) is 10.0. The number of aliphatic carboxylic acids is 2. The highest BCUT2D eigenvalue weighted by Gasteiger charge is 2.40. The smallest absolute Gasteiger partial charge is 0.326 e. The van der Waals surface area contributed by atoms with Crippen molar-refractivity contribution in [1.29, 1.82) is 0 Å². The standard InChI is InChI=1S/C24H42N2O9/c1-7-24(6,25-10-12-34-14-15-35-13-11-27)18(28)9-8-17(19(29)30)26-20(31)22(2,3)16-23(4,5)21(32)33/h11,17,25H,7-10,12-16H2,1-6H3,(H,26,31)(H,29,30)(H,32,33). The Hall–Kier alpha value is -2.37. The van der Waals surface area contributed by atoms with Crippen LogP contribution in [0.2, 0.25) is 0 Å². The van der Waals surface area contributed by atoms with Gasteiger partial charge in [-0.25, -0.2) is 4.79 Å². The van der Waals surface area contributed by atoms with Crippen molar-refractivity contribution in [2.45, 2.75) is 78.8 Å². The summed E-state index contributed by atoms with van der Waals surface area (Å²) < 4.78 is 10.4. The molecule has 0 fully saturated rings. The van der Waals surface area contributed by atoms with E-state index in [2.05, 4.69) is 10.6 Å². The molecule has 0 saturated carbocycles. The largest absolute Gasteiger partial charge is 0.481 e. The van der Waals surface area contributed by atoms with E-state index < -0.39 is 40.3 Å². The molecule has 0 aromatic rings. The molecule has 202 valence electrons. The van der Waals surface area contributed by atoms with E-state index in [0.29, 0.717) is 32.5 Å². The van der Waals surface area contributed by atoms with E-state index in [4.69, 9.17) is 9.47 Å². The molecule has 0 rings (SSSR count). The lowest BCUT2D eigenvalue weighted by atomic mass is 9.74. The van der Waals surface area contributed by atoms with Crippen LogP contribution in [0.3, 0.4) is 0 Å². The summed E-state index contributed by atoms with van der Waals surface area (Å²) in [5.41, 5.74) is -3.19. The number of ketones is 1. The van der Waals surface area contributed by atoms with Crippen LogP contribution in [0.1, 0.15) is 67.2 Å². The Kier molecular flexibility index (Phi) is 13.9. The van der Waals surface area contributed by atoms with E-state index in [0.717, 1.165) is 0 Å². The molecule has 11 heteroatoms. The second kappa shape index (κ2) is 14.9. The van der Waals surface area contributed by atoms with Crippen LogP contribution in [0.5, 0.6) is 0 Å². The van der Waals surface area contributed by atoms with Crippen LogP contribution in [0, 0.1) is 10.8 Å². The fourth-order valence-corrected chi connectivity index (χ4v) is 3.59. The van der Waals surface area contributed by atoms with E-state index in [1.165, 1.54) is 13.8 Å². The molecule has 0 aromatic heterocycles. The highest BCUT2D eigenvalue weighted by atomic mass is 16.5. The van der Waals surface area contributed by atoms with Gasteiger partial charge >= 0.3 is 11.9 Å². The summed E-state index contributed by atoms with van der Waals surface area (Å²) >= 11 is 0. The van der Waals surface area contributed by atoms with E-state index in [9.17, 15) is 34.2 Å². The number of carboxylic acid groups (broad SMARTS) is 2. The Labute approximate surface area is 207 Å². The highest BCUT2D eigenvalue weighted by Crippen LogP contribution is 2.34. The first-order valence-electron chi connectivity index (χ1n) is 11.8. The number of aldehydes is 1. The highest BCUT2D eigenvalue weighted by molar-refractivity contribution is 5.90. The minimum atomic E-state index is -1.28. The van der Waals surface area contributed by atoms with Gasteiger partial charge < -0.3 is 35.1 Å². The maximum atomic E-state index is 12.9. The number of amides is 1. The van der Waals surface area contributed by atoms with E-state index >= 15 is 0 Å². The molecule has 0 aliphatic rings. The quantitative estimate of drug-likeness (QED) is 0.141. The number of carbonyl (C=O) groups is 5. The molecule has 0 spiro atoms. The summed E-state index contributed by atoms with van der Waals surface area (Å²) in [6.45, 7) is 11.0. The van der Waals surface area contributed by atoms with Gasteiger partial charge in [-0.1, -0.05) is 20.8 Å². The first-order valence-corrected chi connectivity index (χ1v) is 11.8. The van der Waals surface area contributed by atoms with Crippen molar-refractivity contribution in [2.24, 2.45) is 10.8 Å². The Balaban J connectivity index is 4.86. The van der Waals surface area contributed by atoms with Crippen molar-refractivity contribution in [2.75, 3.05) is 33.0 Å². The van der Waals surface area contributed by atoms with Gasteiger partial charge in [-0.3, -0.25) is 14.4 Å². The summed E-state index contributed by atoms with van der Waals surface area (Å²) in [5, 5.41) is 24.5. The molecule has 0 heterocycles. The van der Waals surface area contributed by atoms with Gasteiger partial charge in [-0.15, -0.1) is 0 Å². The molecule has 0 radical (unpaired) electrons. The fraction of sp³-hybridized carbons (Fsp3) is 0.792. The molecule has 35 heavy (non-hydrogen) atoms. The summed E-state index contributed by atoms with van der Waals surface area (Å²) in [7, 11) is 0. The summed E-state index contributed by atoms with van der Waals surface area (Å²) in [5.74, 6) is -3.10. The number of carbonyl (C=O) groups excluding carboxylic acids is 3. The van der Waals surface area contributed by atoms with Gasteiger partial charge in [-0.05, 0) is 40.0 Å². The Morgan fingerprint density at radius 2 is 1.54 bits per heavy atom. The topological polar surface area (TPSA) is 168 Å². The van der Waals surface area contributed by atoms with Gasteiger partial charge in [0, 0.05) is 18.4 Å². The van der Waals surface area contributed by atoms with Gasteiger partial charge in [0.2, 0.25) is 5.91 Å². The molecule has 0 aliphatic heterocycles. The van der Waals surface area contributed by atoms with Gasteiger partial charge in [0.05, 0.1) is 30.8 Å². The van der Waals surface area contributed by atoms with Gasteiger partial charge in [0.25, 0.3) is 0 Å². The number of rotatable bonds is 20. The molecule has 4 N–H and O–H groups in total. The first kappa shape index (κ1) is 32.6. The van der Waals surface area contributed by atoms with Crippen molar-refractivity contribution in [3.8, 4) is 0 Å². The predicted molar refractivity (Wildman–Crippen MR) is 128 cm³/mol. The third-order valence-corrected chi connectivity index (χ3v) is 5.98. The van der Waals surface area contributed by atoms with Crippen LogP contribution in [0.25, 0.3) is 0 Å². The third kappa shape index (κ3) is 11.7. The molecule has 11 nitrogen and oxygen atoms in total. The Morgan fingerprint density at radius 1 is 0.943 bits per heavy atom. The van der Waals surface area contributed by atoms with Crippen molar-refractivity contribution in [1.82, 2.24) is 10.6 Å². The lowest BCUT2D eigenvalue weighted by Gasteiger charge is -2.32. The normalized spacial score (nSPS) is 14.6. The molecule has 1 amide bonds. The zero-order valence-corrected chi connectivity index (χ0v) is 21.8. The molecular formula is C24H42N2O9. The van der Waals surface area contributed by atoms with Crippen molar-refractivity contribution in [3.63, 3.8) is 0 Å². The summed E-state index contributed by atoms with van der Waals surface area (Å²) in [4.78, 5) is 59.0. The fourth-order valence-electron chi connectivity index (χ4n) is 3.59. The Morgan fingerprint density at radius 3 is 2.06 bits per heavy atom. The number of carboxylic acids is 2. The molecule has 0 bridgehead atoms. The van der Waals surface area contributed by atoms with Crippen LogP contribution in [-0.2, 0) is 33.4 Å². The van der Waals surface area contributed by atoms with Crippen molar-refractivity contribution in [3.05, 3.63) is 0 Å². The van der Waals surface area contributed by atoms with E-state index in [1.54, 1.807) is 20.8 Å². The minimum absolute atomic E-state index is 0.00947. The molecule has 0 saturated heterocycles. The average Bonchev–Trinajstić information content (AvgIpc) is 2.76. The van der Waals surface area contributed by atoms with Crippen LogP contribution < -0.4 is 10.6 Å². The second-order valence-electron chi connectivity index (χ2n) is 10.0. The van der Waals surface area contributed by atoms with E-state index in [-0.39, 0.29) is 38.3 Å². The average molecular weight is 503 g/mol. The van der Waals surface area contributed by atoms with Crippen molar-refractivity contribution >= 4 is 29.9 Å². The summed E-state index contributed by atoms with van der Waals surface area (Å²) in [6.07, 6.45) is 0.961. The minimum Gasteiger partial charge on any atom is -0.481 e. The lowest BCUT2D eigenvalue weighted by Crippen LogP contribution is -2.51. The molecule has 0 aliphatic carbocycles. The van der Waals surface area contributed by atoms with Gasteiger partial charge in [0.15, 0.2) is 5.78 Å². The molecular weight excluding hydrogens is 460 g/mol. The first-order chi connectivity index (χ1) is 16.1. The lowest BCUT2D eigenvalue weighted by molar-refractivity contribution is -0.151. The number of ether oxygens (including phenoxy) is 2. The van der Waals surface area contributed by atoms with Crippen LogP contribution in [0.15, 0.2) is 0 Å².